The third kappa shape index (κ3) is 8.70. The number of carbonyl (C=O) groups excluding carboxylic acids is 3. The molecular formula is C14H26N4O6S. The van der Waals surface area contributed by atoms with E-state index in [1.165, 1.54) is 13.8 Å². The number of carbonyl (C=O) groups is 4. The number of nitrogens with two attached hydrogens (primary N) is 1. The Hall–Kier alpha value is -1.85. The zero-order valence-corrected chi connectivity index (χ0v) is 15.3. The van der Waals surface area contributed by atoms with Crippen molar-refractivity contribution in [3.05, 3.63) is 0 Å². The number of rotatable bonds is 11. The van der Waals surface area contributed by atoms with Crippen LogP contribution in [0.4, 0.5) is 0 Å². The maximum absolute atomic E-state index is 12.0. The fraction of sp³-hybridized carbons (Fsp3) is 0.714. The first-order valence-corrected chi connectivity index (χ1v) is 9.02. The molecule has 4 atom stereocenters. The van der Waals surface area contributed by atoms with Gasteiger partial charge in [-0.1, -0.05) is 0 Å². The summed E-state index contributed by atoms with van der Waals surface area (Å²) >= 11 is 1.54. The minimum absolute atomic E-state index is 0.454. The Balaban J connectivity index is 4.58. The highest BCUT2D eigenvalue weighted by Crippen LogP contribution is 1.99. The molecule has 0 saturated heterocycles. The summed E-state index contributed by atoms with van der Waals surface area (Å²) in [6.07, 6.45) is 2.34. The van der Waals surface area contributed by atoms with Gasteiger partial charge in [-0.2, -0.15) is 11.8 Å². The number of aliphatic carboxylic acids is 1. The summed E-state index contributed by atoms with van der Waals surface area (Å²) in [5, 5.41) is 24.8. The maximum Gasteiger partial charge on any atom is 0.325 e. The lowest BCUT2D eigenvalue weighted by atomic mass is 10.2. The molecule has 0 aromatic carbocycles. The van der Waals surface area contributed by atoms with E-state index in [9.17, 15) is 24.3 Å². The van der Waals surface area contributed by atoms with E-state index in [1.54, 1.807) is 11.8 Å². The van der Waals surface area contributed by atoms with Gasteiger partial charge in [-0.25, -0.2) is 0 Å². The average molecular weight is 378 g/mol. The lowest BCUT2D eigenvalue weighted by molar-refractivity contribution is -0.142. The molecule has 0 aromatic heterocycles. The van der Waals surface area contributed by atoms with Gasteiger partial charge in [0.05, 0.1) is 12.6 Å². The monoisotopic (exact) mass is 378 g/mol. The predicted molar refractivity (Wildman–Crippen MR) is 92.8 cm³/mol. The zero-order chi connectivity index (χ0) is 19.6. The first kappa shape index (κ1) is 23.1. The van der Waals surface area contributed by atoms with E-state index in [1.807, 2.05) is 6.26 Å². The largest absolute Gasteiger partial charge is 0.480 e. The van der Waals surface area contributed by atoms with Crippen LogP contribution in [0.5, 0.6) is 0 Å². The minimum atomic E-state index is -1.33. The van der Waals surface area contributed by atoms with Gasteiger partial charge in [-0.3, -0.25) is 19.2 Å². The molecule has 0 heterocycles. The Kier molecular flexibility index (Phi) is 10.8. The van der Waals surface area contributed by atoms with Crippen LogP contribution in [0.3, 0.4) is 0 Å². The molecule has 10 nitrogen and oxygen atoms in total. The molecule has 0 aromatic rings. The van der Waals surface area contributed by atoms with Gasteiger partial charge in [-0.15, -0.1) is 0 Å². The van der Waals surface area contributed by atoms with E-state index in [2.05, 4.69) is 16.0 Å². The van der Waals surface area contributed by atoms with Gasteiger partial charge >= 0.3 is 5.97 Å². The average Bonchev–Trinajstić information content (AvgIpc) is 2.56. The van der Waals surface area contributed by atoms with Gasteiger partial charge < -0.3 is 31.9 Å². The van der Waals surface area contributed by atoms with Crippen LogP contribution in [-0.2, 0) is 19.2 Å². The van der Waals surface area contributed by atoms with Crippen molar-refractivity contribution < 1.29 is 29.4 Å². The smallest absolute Gasteiger partial charge is 0.325 e. The zero-order valence-electron chi connectivity index (χ0n) is 14.4. The maximum atomic E-state index is 12.0. The molecule has 0 rings (SSSR count). The number of carboxylic acids is 1. The van der Waals surface area contributed by atoms with Crippen LogP contribution < -0.4 is 21.7 Å². The van der Waals surface area contributed by atoms with Gasteiger partial charge in [0.15, 0.2) is 0 Å². The number of nitrogens with one attached hydrogen (secondary N) is 3. The molecule has 0 aliphatic heterocycles. The molecular weight excluding hydrogens is 352 g/mol. The Labute approximate surface area is 150 Å². The lowest BCUT2D eigenvalue weighted by Crippen LogP contribution is -2.57. The highest BCUT2D eigenvalue weighted by atomic mass is 32.2. The number of thioether (sulfide) groups is 1. The summed E-state index contributed by atoms with van der Waals surface area (Å²) in [4.78, 5) is 46.4. The van der Waals surface area contributed by atoms with Gasteiger partial charge in [0.25, 0.3) is 0 Å². The highest BCUT2D eigenvalue weighted by Gasteiger charge is 2.26. The molecule has 0 bridgehead atoms. The van der Waals surface area contributed by atoms with Crippen molar-refractivity contribution in [2.24, 2.45) is 5.73 Å². The third-order valence-electron chi connectivity index (χ3n) is 3.27. The van der Waals surface area contributed by atoms with Crippen LogP contribution in [0.2, 0.25) is 0 Å². The second-order valence-corrected chi connectivity index (χ2v) is 6.42. The summed E-state index contributed by atoms with van der Waals surface area (Å²) in [6.45, 7) is 1.92. The lowest BCUT2D eigenvalue weighted by Gasteiger charge is -2.21. The van der Waals surface area contributed by atoms with Crippen LogP contribution in [-0.4, -0.2) is 76.7 Å². The van der Waals surface area contributed by atoms with Crippen LogP contribution in [0.15, 0.2) is 0 Å². The van der Waals surface area contributed by atoms with E-state index >= 15 is 0 Å². The van der Waals surface area contributed by atoms with Gasteiger partial charge in [0, 0.05) is 0 Å². The number of amides is 3. The number of aliphatic hydroxyl groups is 1. The Morgan fingerprint density at radius 3 is 2.04 bits per heavy atom. The van der Waals surface area contributed by atoms with Crippen LogP contribution in [0.25, 0.3) is 0 Å². The number of hydrogen-bond donors (Lipinski definition) is 6. The SMILES string of the molecule is CSCCC(N)C(=O)NC(C)C(=O)NC(CO)C(=O)NC(C)C(=O)O. The van der Waals surface area contributed by atoms with Crippen molar-refractivity contribution >= 4 is 35.5 Å². The quantitative estimate of drug-likeness (QED) is 0.232. The van der Waals surface area contributed by atoms with Crippen LogP contribution >= 0.6 is 11.8 Å². The summed E-state index contributed by atoms with van der Waals surface area (Å²) < 4.78 is 0. The number of carboxylic acid groups (broad SMARTS) is 1. The van der Waals surface area contributed by atoms with E-state index in [0.29, 0.717) is 12.2 Å². The number of aliphatic hydroxyl groups excluding tert-OH is 1. The summed E-state index contributed by atoms with van der Waals surface area (Å²) in [6, 6.07) is -4.24. The van der Waals surface area contributed by atoms with Gasteiger partial charge in [-0.05, 0) is 32.3 Å². The molecule has 0 radical (unpaired) electrons. The molecule has 144 valence electrons. The summed E-state index contributed by atoms with van der Waals surface area (Å²) in [5.74, 6) is -2.61. The molecule has 0 saturated carbocycles. The molecule has 0 spiro atoms. The van der Waals surface area contributed by atoms with Crippen molar-refractivity contribution in [3.8, 4) is 0 Å². The summed E-state index contributed by atoms with van der Waals surface area (Å²) in [7, 11) is 0. The fourth-order valence-electron chi connectivity index (χ4n) is 1.63. The third-order valence-corrected chi connectivity index (χ3v) is 3.91. The fourth-order valence-corrected chi connectivity index (χ4v) is 2.12. The molecule has 0 aliphatic carbocycles. The molecule has 3 amide bonds. The minimum Gasteiger partial charge on any atom is -0.480 e. The van der Waals surface area contributed by atoms with Crippen LogP contribution in [0, 0.1) is 0 Å². The summed E-state index contributed by atoms with van der Waals surface area (Å²) in [5.41, 5.74) is 5.69. The standard InChI is InChI=1S/C14H26N4O6S/c1-7(16-12(21)9(15)4-5-25-3)11(20)18-10(6-19)13(22)17-8(2)14(23)24/h7-10,19H,4-6,15H2,1-3H3,(H,16,21)(H,17,22)(H,18,20)(H,23,24). The second-order valence-electron chi connectivity index (χ2n) is 5.43. The predicted octanol–water partition coefficient (Wildman–Crippen LogP) is -2.36. The Morgan fingerprint density at radius 2 is 1.56 bits per heavy atom. The van der Waals surface area contributed by atoms with Crippen molar-refractivity contribution in [2.75, 3.05) is 18.6 Å². The molecule has 25 heavy (non-hydrogen) atoms. The van der Waals surface area contributed by atoms with Crippen molar-refractivity contribution in [1.82, 2.24) is 16.0 Å². The topological polar surface area (TPSA) is 171 Å². The first-order chi connectivity index (χ1) is 11.6. The van der Waals surface area contributed by atoms with E-state index in [-0.39, 0.29) is 0 Å². The Morgan fingerprint density at radius 1 is 1.00 bits per heavy atom. The second kappa shape index (κ2) is 11.7. The molecule has 0 fully saturated rings. The van der Waals surface area contributed by atoms with Crippen LogP contribution in [0.1, 0.15) is 20.3 Å². The molecule has 0 aliphatic rings. The van der Waals surface area contributed by atoms with E-state index in [0.717, 1.165) is 0 Å². The normalized spacial score (nSPS) is 15.4. The van der Waals surface area contributed by atoms with Gasteiger partial charge in [0.2, 0.25) is 17.7 Å². The van der Waals surface area contributed by atoms with Crippen molar-refractivity contribution in [3.63, 3.8) is 0 Å². The van der Waals surface area contributed by atoms with Crippen molar-refractivity contribution in [1.29, 1.82) is 0 Å². The van der Waals surface area contributed by atoms with Crippen molar-refractivity contribution in [2.45, 2.75) is 44.4 Å². The Bertz CT molecular complexity index is 490. The first-order valence-electron chi connectivity index (χ1n) is 7.63. The molecule has 7 N–H and O–H groups in total. The van der Waals surface area contributed by atoms with Gasteiger partial charge in [0.1, 0.15) is 18.1 Å². The van der Waals surface area contributed by atoms with E-state index in [4.69, 9.17) is 10.8 Å². The number of hydrogen-bond acceptors (Lipinski definition) is 7. The highest BCUT2D eigenvalue weighted by molar-refractivity contribution is 7.98. The van der Waals surface area contributed by atoms with E-state index < -0.39 is 54.5 Å². The molecule has 11 heteroatoms. The molecule has 4 unspecified atom stereocenters.